The Balaban J connectivity index is 1.50. The normalized spacial score (nSPS) is 15.2. The van der Waals surface area contributed by atoms with Gasteiger partial charge in [0.1, 0.15) is 17.9 Å². The molecule has 0 unspecified atom stereocenters. The highest BCUT2D eigenvalue weighted by molar-refractivity contribution is 7.07. The molecule has 0 bridgehead atoms. The molecule has 0 aliphatic heterocycles. The second-order valence-corrected chi connectivity index (χ2v) is 7.74. The van der Waals surface area contributed by atoms with Gasteiger partial charge in [0.25, 0.3) is 5.91 Å². The zero-order valence-electron chi connectivity index (χ0n) is 16.3. The van der Waals surface area contributed by atoms with Crippen molar-refractivity contribution in [3.05, 3.63) is 46.4 Å². The quantitative estimate of drug-likeness (QED) is 0.645. The standard InChI is InChI=1S/C21H23N3O4S/c1-24(21(14-22)9-3-2-4-10-21)19(25)12-28-20(26)16-5-7-18(8-6-16)27-11-17-13-29-15-23-17/h5-8,13,15H,2-4,9-12H2,1H3. The maximum atomic E-state index is 12.5. The second-order valence-electron chi connectivity index (χ2n) is 7.03. The molecule has 1 aromatic carbocycles. The average molecular weight is 413 g/mol. The van der Waals surface area contributed by atoms with Gasteiger partial charge in [0.05, 0.1) is 22.8 Å². The molecule has 1 fully saturated rings. The first-order chi connectivity index (χ1) is 14.0. The van der Waals surface area contributed by atoms with Crippen LogP contribution in [0.1, 0.15) is 48.2 Å². The van der Waals surface area contributed by atoms with E-state index in [4.69, 9.17) is 9.47 Å². The molecule has 152 valence electrons. The predicted molar refractivity (Wildman–Crippen MR) is 107 cm³/mol. The van der Waals surface area contributed by atoms with E-state index in [0.29, 0.717) is 30.8 Å². The lowest BCUT2D eigenvalue weighted by Crippen LogP contribution is -2.51. The second kappa shape index (κ2) is 9.52. The third kappa shape index (κ3) is 5.12. The van der Waals surface area contributed by atoms with Crippen LogP contribution < -0.4 is 4.74 Å². The average Bonchev–Trinajstić information content (AvgIpc) is 3.29. The molecule has 29 heavy (non-hydrogen) atoms. The summed E-state index contributed by atoms with van der Waals surface area (Å²) in [6.45, 7) is -0.0321. The van der Waals surface area contributed by atoms with E-state index in [0.717, 1.165) is 25.0 Å². The van der Waals surface area contributed by atoms with Gasteiger partial charge in [0.2, 0.25) is 0 Å². The van der Waals surface area contributed by atoms with Crippen LogP contribution >= 0.6 is 11.3 Å². The summed E-state index contributed by atoms with van der Waals surface area (Å²) in [5.74, 6) is -0.351. The van der Waals surface area contributed by atoms with Gasteiger partial charge in [-0.3, -0.25) is 4.79 Å². The van der Waals surface area contributed by atoms with Gasteiger partial charge in [0, 0.05) is 12.4 Å². The smallest absolute Gasteiger partial charge is 0.338 e. The Kier molecular flexibility index (Phi) is 6.83. The van der Waals surface area contributed by atoms with Gasteiger partial charge in [-0.15, -0.1) is 11.3 Å². The Hall–Kier alpha value is -2.92. The van der Waals surface area contributed by atoms with E-state index >= 15 is 0 Å². The Labute approximate surface area is 173 Å². The lowest BCUT2D eigenvalue weighted by molar-refractivity contribution is -0.138. The van der Waals surface area contributed by atoms with E-state index in [2.05, 4.69) is 11.1 Å². The molecule has 0 N–H and O–H groups in total. The van der Waals surface area contributed by atoms with Crippen molar-refractivity contribution in [3.8, 4) is 11.8 Å². The van der Waals surface area contributed by atoms with E-state index < -0.39 is 11.5 Å². The first-order valence-electron chi connectivity index (χ1n) is 9.49. The molecule has 3 rings (SSSR count). The number of thiazole rings is 1. The number of benzene rings is 1. The summed E-state index contributed by atoms with van der Waals surface area (Å²) < 4.78 is 10.8. The molecule has 1 saturated carbocycles. The number of nitriles is 1. The summed E-state index contributed by atoms with van der Waals surface area (Å²) >= 11 is 1.50. The van der Waals surface area contributed by atoms with Crippen LogP contribution in [0.2, 0.25) is 0 Å². The lowest BCUT2D eigenvalue weighted by atomic mass is 9.81. The van der Waals surface area contributed by atoms with Crippen LogP contribution in [0.25, 0.3) is 0 Å². The highest BCUT2D eigenvalue weighted by Crippen LogP contribution is 2.32. The first kappa shape index (κ1) is 20.8. The number of hydrogen-bond acceptors (Lipinski definition) is 7. The highest BCUT2D eigenvalue weighted by atomic mass is 32.1. The summed E-state index contributed by atoms with van der Waals surface area (Å²) in [5, 5.41) is 11.5. The zero-order valence-corrected chi connectivity index (χ0v) is 17.1. The van der Waals surface area contributed by atoms with Crippen LogP contribution in [-0.2, 0) is 16.1 Å². The fraction of sp³-hybridized carbons (Fsp3) is 0.429. The highest BCUT2D eigenvalue weighted by Gasteiger charge is 2.39. The number of aromatic nitrogens is 1. The fourth-order valence-corrected chi connectivity index (χ4v) is 3.90. The van der Waals surface area contributed by atoms with Crippen LogP contribution in [-0.4, -0.2) is 41.0 Å². The molecule has 0 saturated heterocycles. The maximum absolute atomic E-state index is 12.5. The zero-order chi connectivity index (χ0) is 20.7. The van der Waals surface area contributed by atoms with Crippen molar-refractivity contribution in [1.82, 2.24) is 9.88 Å². The van der Waals surface area contributed by atoms with E-state index in [9.17, 15) is 14.9 Å². The van der Waals surface area contributed by atoms with E-state index in [1.54, 1.807) is 36.8 Å². The lowest BCUT2D eigenvalue weighted by Gasteiger charge is -2.38. The van der Waals surface area contributed by atoms with Crippen molar-refractivity contribution in [1.29, 1.82) is 5.26 Å². The van der Waals surface area contributed by atoms with Crippen molar-refractivity contribution < 1.29 is 19.1 Å². The van der Waals surface area contributed by atoms with Crippen molar-refractivity contribution in [3.63, 3.8) is 0 Å². The fourth-order valence-electron chi connectivity index (χ4n) is 3.36. The third-order valence-electron chi connectivity index (χ3n) is 5.19. The van der Waals surface area contributed by atoms with Crippen LogP contribution in [0.4, 0.5) is 0 Å². The molecule has 8 heteroatoms. The Morgan fingerprint density at radius 3 is 2.59 bits per heavy atom. The van der Waals surface area contributed by atoms with Gasteiger partial charge in [-0.05, 0) is 37.1 Å². The third-order valence-corrected chi connectivity index (χ3v) is 5.83. The molecule has 0 atom stereocenters. The van der Waals surface area contributed by atoms with Crippen molar-refractivity contribution in [2.24, 2.45) is 0 Å². The summed E-state index contributed by atoms with van der Waals surface area (Å²) in [4.78, 5) is 30.3. The number of rotatable bonds is 7. The number of esters is 1. The van der Waals surface area contributed by atoms with Gasteiger partial charge in [-0.2, -0.15) is 5.26 Å². The number of amides is 1. The summed E-state index contributed by atoms with van der Waals surface area (Å²) in [5.41, 5.74) is 2.12. The first-order valence-corrected chi connectivity index (χ1v) is 10.4. The monoisotopic (exact) mass is 413 g/mol. The molecule has 1 aromatic heterocycles. The molecule has 1 aliphatic carbocycles. The molecule has 7 nitrogen and oxygen atoms in total. The SMILES string of the molecule is CN(C(=O)COC(=O)c1ccc(OCc2cscn2)cc1)C1(C#N)CCCCC1. The van der Waals surface area contributed by atoms with E-state index in [-0.39, 0.29) is 12.5 Å². The minimum absolute atomic E-state index is 0.328. The van der Waals surface area contributed by atoms with Crippen molar-refractivity contribution >= 4 is 23.2 Å². The number of carbonyl (C=O) groups excluding carboxylic acids is 2. The van der Waals surface area contributed by atoms with Crippen LogP contribution in [0.15, 0.2) is 35.2 Å². The number of likely N-dealkylation sites (N-methyl/N-ethyl adjacent to an activating group) is 1. The van der Waals surface area contributed by atoms with Crippen molar-refractivity contribution in [2.45, 2.75) is 44.2 Å². The number of hydrogen-bond donors (Lipinski definition) is 0. The molecular weight excluding hydrogens is 390 g/mol. The van der Waals surface area contributed by atoms with Gasteiger partial charge in [-0.25, -0.2) is 9.78 Å². The van der Waals surface area contributed by atoms with Crippen LogP contribution in [0.3, 0.4) is 0 Å². The Morgan fingerprint density at radius 1 is 1.24 bits per heavy atom. The minimum atomic E-state index is -0.794. The van der Waals surface area contributed by atoms with Gasteiger partial charge >= 0.3 is 5.97 Å². The number of carbonyl (C=O) groups is 2. The largest absolute Gasteiger partial charge is 0.487 e. The molecule has 1 heterocycles. The summed E-state index contributed by atoms with van der Waals surface area (Å²) in [6, 6.07) is 8.81. The van der Waals surface area contributed by atoms with Gasteiger partial charge in [0.15, 0.2) is 6.61 Å². The summed E-state index contributed by atoms with van der Waals surface area (Å²) in [7, 11) is 1.61. The minimum Gasteiger partial charge on any atom is -0.487 e. The Bertz CT molecular complexity index is 868. The van der Waals surface area contributed by atoms with Crippen LogP contribution in [0.5, 0.6) is 5.75 Å². The van der Waals surface area contributed by atoms with Gasteiger partial charge < -0.3 is 14.4 Å². The topological polar surface area (TPSA) is 92.5 Å². The maximum Gasteiger partial charge on any atom is 0.338 e. The Morgan fingerprint density at radius 2 is 1.97 bits per heavy atom. The summed E-state index contributed by atoms with van der Waals surface area (Å²) in [6.07, 6.45) is 4.22. The van der Waals surface area contributed by atoms with E-state index in [1.807, 2.05) is 5.38 Å². The molecular formula is C21H23N3O4S. The van der Waals surface area contributed by atoms with Crippen molar-refractivity contribution in [2.75, 3.05) is 13.7 Å². The molecule has 1 aliphatic rings. The molecule has 0 spiro atoms. The molecule has 1 amide bonds. The molecule has 0 radical (unpaired) electrons. The van der Waals surface area contributed by atoms with Crippen LogP contribution in [0, 0.1) is 11.3 Å². The number of nitrogens with zero attached hydrogens (tertiary/aromatic N) is 3. The van der Waals surface area contributed by atoms with Gasteiger partial charge in [-0.1, -0.05) is 19.3 Å². The molecule has 2 aromatic rings. The number of ether oxygens (including phenoxy) is 2. The predicted octanol–water partition coefficient (Wildman–Crippen LogP) is 3.56. The van der Waals surface area contributed by atoms with E-state index in [1.165, 1.54) is 16.2 Å².